The van der Waals surface area contributed by atoms with Gasteiger partial charge in [0.05, 0.1) is 14.3 Å². The number of nitrogens with one attached hydrogen (secondary N) is 1. The molecule has 0 amide bonds. The molecule has 7 nitrogen and oxygen atoms in total. The van der Waals surface area contributed by atoms with Crippen molar-refractivity contribution in [2.75, 3.05) is 5.43 Å². The minimum atomic E-state index is -0.431. The molecular formula is C10H8BrN5O2S. The number of hydrogen-bond acceptors (Lipinski definition) is 7. The molecule has 0 aliphatic rings. The molecule has 0 spiro atoms. The van der Waals surface area contributed by atoms with Crippen molar-refractivity contribution in [3.8, 4) is 0 Å². The molecule has 2 rings (SSSR count). The third-order valence-electron chi connectivity index (χ3n) is 2.16. The summed E-state index contributed by atoms with van der Waals surface area (Å²) in [6.45, 7) is 0. The quantitative estimate of drug-likeness (QED) is 0.381. The monoisotopic (exact) mass is 341 g/mol. The average molecular weight is 342 g/mol. The smallest absolute Gasteiger partial charge is 0.283 e. The zero-order chi connectivity index (χ0) is 13.8. The predicted molar refractivity (Wildman–Crippen MR) is 74.8 cm³/mol. The molecule has 0 radical (unpaired) electrons. The van der Waals surface area contributed by atoms with Crippen LogP contribution in [0, 0.1) is 10.1 Å². The molecule has 0 fully saturated rings. The number of aromatic nitrogens is 2. The summed E-state index contributed by atoms with van der Waals surface area (Å²) in [6, 6.07) is 6.45. The van der Waals surface area contributed by atoms with E-state index in [1.807, 2.05) is 0 Å². The van der Waals surface area contributed by atoms with Crippen LogP contribution in [0.15, 0.2) is 45.0 Å². The number of hydrazine groups is 1. The molecule has 0 unspecified atom stereocenters. The Morgan fingerprint density at radius 3 is 2.79 bits per heavy atom. The van der Waals surface area contributed by atoms with E-state index in [0.717, 1.165) is 11.8 Å². The lowest BCUT2D eigenvalue weighted by atomic mass is 10.3. The van der Waals surface area contributed by atoms with E-state index in [0.29, 0.717) is 20.2 Å². The van der Waals surface area contributed by atoms with E-state index in [2.05, 4.69) is 31.3 Å². The van der Waals surface area contributed by atoms with Gasteiger partial charge in [-0.25, -0.2) is 15.8 Å². The number of nitrogen functional groups attached to an aromatic ring is 1. The molecule has 0 atom stereocenters. The fraction of sp³-hybridized carbons (Fsp3) is 0. The van der Waals surface area contributed by atoms with Crippen LogP contribution in [-0.2, 0) is 0 Å². The third kappa shape index (κ3) is 3.00. The Balaban J connectivity index is 2.39. The molecule has 9 heteroatoms. The first kappa shape index (κ1) is 13.7. The second-order valence-corrected chi connectivity index (χ2v) is 5.14. The van der Waals surface area contributed by atoms with Crippen LogP contribution in [0.4, 0.5) is 11.5 Å². The van der Waals surface area contributed by atoms with Crippen molar-refractivity contribution in [1.29, 1.82) is 0 Å². The molecule has 19 heavy (non-hydrogen) atoms. The van der Waals surface area contributed by atoms with Crippen LogP contribution in [0.5, 0.6) is 0 Å². The van der Waals surface area contributed by atoms with Gasteiger partial charge in [0.15, 0.2) is 5.82 Å². The normalized spacial score (nSPS) is 10.2. The van der Waals surface area contributed by atoms with Crippen LogP contribution in [-0.4, -0.2) is 14.9 Å². The van der Waals surface area contributed by atoms with Crippen LogP contribution in [0.25, 0.3) is 0 Å². The fourth-order valence-electron chi connectivity index (χ4n) is 1.32. The summed E-state index contributed by atoms with van der Waals surface area (Å²) in [5.41, 5.74) is 2.44. The van der Waals surface area contributed by atoms with Crippen molar-refractivity contribution >= 4 is 39.2 Å². The van der Waals surface area contributed by atoms with Crippen molar-refractivity contribution in [2.24, 2.45) is 5.84 Å². The largest absolute Gasteiger partial charge is 0.307 e. The first-order chi connectivity index (χ1) is 9.13. The summed E-state index contributed by atoms with van der Waals surface area (Å²) in [6.07, 6.45) is 1.33. The first-order valence-electron chi connectivity index (χ1n) is 5.02. The van der Waals surface area contributed by atoms with Gasteiger partial charge in [0.25, 0.3) is 5.69 Å². The first-order valence-corrected chi connectivity index (χ1v) is 6.63. The molecule has 0 saturated heterocycles. The van der Waals surface area contributed by atoms with Crippen LogP contribution >= 0.6 is 27.7 Å². The molecule has 0 aliphatic carbocycles. The SMILES string of the molecule is NNc1ncnc(Sc2ccccc2[N+](=O)[O-])c1Br. The number of para-hydroxylation sites is 1. The Morgan fingerprint density at radius 2 is 2.11 bits per heavy atom. The molecule has 1 aromatic heterocycles. The Bertz CT molecular complexity index is 625. The van der Waals surface area contributed by atoms with E-state index in [9.17, 15) is 10.1 Å². The average Bonchev–Trinajstić information content (AvgIpc) is 2.41. The molecule has 3 N–H and O–H groups in total. The summed E-state index contributed by atoms with van der Waals surface area (Å²) in [5, 5.41) is 11.5. The number of nitrogens with zero attached hydrogens (tertiary/aromatic N) is 3. The van der Waals surface area contributed by atoms with Gasteiger partial charge < -0.3 is 5.43 Å². The van der Waals surface area contributed by atoms with Gasteiger partial charge in [0.1, 0.15) is 11.4 Å². The summed E-state index contributed by atoms with van der Waals surface area (Å²) in [4.78, 5) is 19.0. The van der Waals surface area contributed by atoms with Crippen molar-refractivity contribution in [3.05, 3.63) is 45.2 Å². The number of hydrogen-bond donors (Lipinski definition) is 2. The highest BCUT2D eigenvalue weighted by atomic mass is 79.9. The number of anilines is 1. The number of halogens is 1. The molecular weight excluding hydrogens is 334 g/mol. The Hall–Kier alpha value is -1.71. The van der Waals surface area contributed by atoms with Crippen molar-refractivity contribution in [3.63, 3.8) is 0 Å². The van der Waals surface area contributed by atoms with Crippen LogP contribution in [0.2, 0.25) is 0 Å². The summed E-state index contributed by atoms with van der Waals surface area (Å²) >= 11 is 4.47. The standard InChI is InChI=1S/C10H8BrN5O2S/c11-8-9(15-12)13-5-14-10(8)19-7-4-2-1-3-6(7)16(17)18/h1-5H,12H2,(H,13,14,15). The number of benzene rings is 1. The third-order valence-corrected chi connectivity index (χ3v) is 4.24. The summed E-state index contributed by atoms with van der Waals surface area (Å²) in [5.74, 6) is 5.72. The second kappa shape index (κ2) is 5.95. The van der Waals surface area contributed by atoms with Crippen LogP contribution in [0.3, 0.4) is 0 Å². The zero-order valence-electron chi connectivity index (χ0n) is 9.41. The van der Waals surface area contributed by atoms with Gasteiger partial charge in [0, 0.05) is 6.07 Å². The minimum absolute atomic E-state index is 0.0280. The van der Waals surface area contributed by atoms with Gasteiger partial charge in [-0.05, 0) is 22.0 Å². The molecule has 1 aromatic carbocycles. The second-order valence-electron chi connectivity index (χ2n) is 3.31. The summed E-state index contributed by atoms with van der Waals surface area (Å²) < 4.78 is 0.556. The van der Waals surface area contributed by atoms with E-state index in [-0.39, 0.29) is 5.69 Å². The van der Waals surface area contributed by atoms with E-state index in [1.54, 1.807) is 18.2 Å². The lowest BCUT2D eigenvalue weighted by Gasteiger charge is -2.07. The van der Waals surface area contributed by atoms with Gasteiger partial charge in [0.2, 0.25) is 0 Å². The molecule has 0 aliphatic heterocycles. The molecule has 1 heterocycles. The Kier molecular flexibility index (Phi) is 4.30. The number of nitro benzene ring substituents is 1. The number of nitrogens with two attached hydrogens (primary N) is 1. The van der Waals surface area contributed by atoms with Crippen LogP contribution < -0.4 is 11.3 Å². The highest BCUT2D eigenvalue weighted by Gasteiger charge is 2.16. The highest BCUT2D eigenvalue weighted by molar-refractivity contribution is 9.10. The van der Waals surface area contributed by atoms with Gasteiger partial charge in [-0.3, -0.25) is 10.1 Å². The van der Waals surface area contributed by atoms with Crippen molar-refractivity contribution in [2.45, 2.75) is 9.92 Å². The van der Waals surface area contributed by atoms with Gasteiger partial charge >= 0.3 is 0 Å². The van der Waals surface area contributed by atoms with E-state index >= 15 is 0 Å². The predicted octanol–water partition coefficient (Wildman–Crippen LogP) is 2.58. The Labute approximate surface area is 120 Å². The van der Waals surface area contributed by atoms with Crippen molar-refractivity contribution in [1.82, 2.24) is 9.97 Å². The molecule has 0 bridgehead atoms. The topological polar surface area (TPSA) is 107 Å². The fourth-order valence-corrected chi connectivity index (χ4v) is 2.77. The Morgan fingerprint density at radius 1 is 1.37 bits per heavy atom. The minimum Gasteiger partial charge on any atom is -0.307 e. The van der Waals surface area contributed by atoms with Crippen LogP contribution in [0.1, 0.15) is 0 Å². The van der Waals surface area contributed by atoms with Gasteiger partial charge in [-0.15, -0.1) is 0 Å². The number of rotatable bonds is 4. The van der Waals surface area contributed by atoms with Gasteiger partial charge in [-0.2, -0.15) is 0 Å². The maximum Gasteiger partial charge on any atom is 0.283 e. The molecule has 2 aromatic rings. The van der Waals surface area contributed by atoms with E-state index in [1.165, 1.54) is 12.4 Å². The molecule has 0 saturated carbocycles. The maximum absolute atomic E-state index is 10.9. The lowest BCUT2D eigenvalue weighted by molar-refractivity contribution is -0.387. The van der Waals surface area contributed by atoms with E-state index in [4.69, 9.17) is 5.84 Å². The molecule has 98 valence electrons. The number of nitro groups is 1. The zero-order valence-corrected chi connectivity index (χ0v) is 11.8. The summed E-state index contributed by atoms with van der Waals surface area (Å²) in [7, 11) is 0. The van der Waals surface area contributed by atoms with E-state index < -0.39 is 4.92 Å². The van der Waals surface area contributed by atoms with Crippen molar-refractivity contribution < 1.29 is 4.92 Å². The lowest BCUT2D eigenvalue weighted by Crippen LogP contribution is -2.09. The maximum atomic E-state index is 10.9. The highest BCUT2D eigenvalue weighted by Crippen LogP contribution is 2.38. The van der Waals surface area contributed by atoms with Gasteiger partial charge in [-0.1, -0.05) is 23.9 Å².